The van der Waals surface area contributed by atoms with Crippen LogP contribution >= 0.6 is 0 Å². The van der Waals surface area contributed by atoms with Crippen molar-refractivity contribution < 1.29 is 9.53 Å². The number of likely N-dealkylation sites (N-methyl/N-ethyl adjacent to an activating group) is 1. The second-order valence-electron chi connectivity index (χ2n) is 7.10. The van der Waals surface area contributed by atoms with E-state index in [-0.39, 0.29) is 0 Å². The number of hydrogen-bond acceptors (Lipinski definition) is 5. The predicted octanol–water partition coefficient (Wildman–Crippen LogP) is 2.85. The van der Waals surface area contributed by atoms with Gasteiger partial charge in [0.25, 0.3) is 0 Å². The van der Waals surface area contributed by atoms with Crippen molar-refractivity contribution in [2.24, 2.45) is 0 Å². The van der Waals surface area contributed by atoms with Crippen molar-refractivity contribution in [3.63, 3.8) is 0 Å². The fourth-order valence-corrected chi connectivity index (χ4v) is 3.65. The third-order valence-electron chi connectivity index (χ3n) is 5.39. The zero-order valence-corrected chi connectivity index (χ0v) is 16.3. The number of rotatable bonds is 7. The van der Waals surface area contributed by atoms with Gasteiger partial charge < -0.3 is 9.64 Å². The number of ether oxygens (including phenoxy) is 1. The van der Waals surface area contributed by atoms with E-state index >= 15 is 0 Å². The molecule has 3 aromatic rings. The highest BCUT2D eigenvalue weighted by molar-refractivity contribution is 5.85. The molecular formula is C22H26N4O2. The van der Waals surface area contributed by atoms with Gasteiger partial charge >= 0.3 is 0 Å². The summed E-state index contributed by atoms with van der Waals surface area (Å²) in [5.74, 6) is 0.845. The lowest BCUT2D eigenvalue weighted by molar-refractivity contribution is 0.112. The Morgan fingerprint density at radius 2 is 1.89 bits per heavy atom. The number of carbonyl (C=O) groups excluding carboxylic acids is 1. The molecule has 1 aliphatic rings. The molecule has 4 rings (SSSR count). The van der Waals surface area contributed by atoms with Gasteiger partial charge in [-0.3, -0.25) is 14.3 Å². The number of nitrogens with zero attached hydrogens (tertiary/aromatic N) is 4. The van der Waals surface area contributed by atoms with Gasteiger partial charge in [-0.15, -0.1) is 0 Å². The zero-order valence-electron chi connectivity index (χ0n) is 16.3. The van der Waals surface area contributed by atoms with Crippen LogP contribution in [-0.2, 0) is 0 Å². The molecule has 1 aliphatic heterocycles. The van der Waals surface area contributed by atoms with Crippen LogP contribution < -0.4 is 4.74 Å². The minimum Gasteiger partial charge on any atom is -0.492 e. The SMILES string of the molecule is CCN1CCN(CCOc2cccc(-n3cnc4ccc(C=O)cc43)c2)CC1. The lowest BCUT2D eigenvalue weighted by Crippen LogP contribution is -2.47. The Labute approximate surface area is 165 Å². The van der Waals surface area contributed by atoms with E-state index < -0.39 is 0 Å². The normalized spacial score (nSPS) is 15.8. The van der Waals surface area contributed by atoms with E-state index in [0.717, 1.165) is 68.0 Å². The Hall–Kier alpha value is -2.70. The Kier molecular flexibility index (Phi) is 5.69. The Bertz CT molecular complexity index is 945. The molecule has 6 nitrogen and oxygen atoms in total. The molecule has 0 radical (unpaired) electrons. The average molecular weight is 378 g/mol. The number of benzene rings is 2. The van der Waals surface area contributed by atoms with E-state index in [2.05, 4.69) is 21.7 Å². The highest BCUT2D eigenvalue weighted by Gasteiger charge is 2.15. The molecule has 0 N–H and O–H groups in total. The molecule has 0 amide bonds. The van der Waals surface area contributed by atoms with Gasteiger partial charge in [0.05, 0.1) is 16.7 Å². The summed E-state index contributed by atoms with van der Waals surface area (Å²) in [6.45, 7) is 9.47. The molecule has 2 heterocycles. The molecule has 0 bridgehead atoms. The first-order valence-electron chi connectivity index (χ1n) is 9.87. The molecule has 1 fully saturated rings. The second-order valence-corrected chi connectivity index (χ2v) is 7.10. The van der Waals surface area contributed by atoms with Crippen LogP contribution in [0, 0.1) is 0 Å². The fourth-order valence-electron chi connectivity index (χ4n) is 3.65. The van der Waals surface area contributed by atoms with Gasteiger partial charge in [0.15, 0.2) is 0 Å². The molecule has 6 heteroatoms. The molecule has 28 heavy (non-hydrogen) atoms. The highest BCUT2D eigenvalue weighted by atomic mass is 16.5. The minimum absolute atomic E-state index is 0.643. The van der Waals surface area contributed by atoms with Gasteiger partial charge in [-0.2, -0.15) is 0 Å². The van der Waals surface area contributed by atoms with Crippen molar-refractivity contribution >= 4 is 17.3 Å². The van der Waals surface area contributed by atoms with E-state index in [1.54, 1.807) is 12.4 Å². The molecular weight excluding hydrogens is 352 g/mol. The molecule has 0 aliphatic carbocycles. The van der Waals surface area contributed by atoms with Crippen molar-refractivity contribution in [2.45, 2.75) is 6.92 Å². The maximum atomic E-state index is 11.1. The quantitative estimate of drug-likeness (QED) is 0.592. The number of aromatic nitrogens is 2. The molecule has 1 aromatic heterocycles. The highest BCUT2D eigenvalue weighted by Crippen LogP contribution is 2.22. The van der Waals surface area contributed by atoms with Crippen LogP contribution in [0.3, 0.4) is 0 Å². The van der Waals surface area contributed by atoms with Crippen LogP contribution in [0.1, 0.15) is 17.3 Å². The maximum Gasteiger partial charge on any atom is 0.150 e. The van der Waals surface area contributed by atoms with Crippen molar-refractivity contribution in [3.8, 4) is 11.4 Å². The standard InChI is InChI=1S/C22H26N4O2/c1-2-24-8-10-25(11-9-24)12-13-28-20-5-3-4-19(15-20)26-17-23-21-7-6-18(16-27)14-22(21)26/h3-7,14-17H,2,8-13H2,1H3. The van der Waals surface area contributed by atoms with Crippen LogP contribution in [0.5, 0.6) is 5.75 Å². The maximum absolute atomic E-state index is 11.1. The van der Waals surface area contributed by atoms with Crippen LogP contribution in [0.25, 0.3) is 16.7 Å². The van der Waals surface area contributed by atoms with E-state index in [1.807, 2.05) is 41.0 Å². The second kappa shape index (κ2) is 8.54. The third-order valence-corrected chi connectivity index (χ3v) is 5.39. The topological polar surface area (TPSA) is 50.6 Å². The summed E-state index contributed by atoms with van der Waals surface area (Å²) in [6, 6.07) is 13.5. The summed E-state index contributed by atoms with van der Waals surface area (Å²) in [7, 11) is 0. The van der Waals surface area contributed by atoms with Gasteiger partial charge in [0, 0.05) is 44.4 Å². The summed E-state index contributed by atoms with van der Waals surface area (Å²) in [5, 5.41) is 0. The first-order chi connectivity index (χ1) is 13.8. The van der Waals surface area contributed by atoms with Crippen molar-refractivity contribution in [1.82, 2.24) is 19.4 Å². The van der Waals surface area contributed by atoms with Crippen LogP contribution in [0.2, 0.25) is 0 Å². The van der Waals surface area contributed by atoms with Gasteiger partial charge in [-0.1, -0.05) is 13.0 Å². The van der Waals surface area contributed by atoms with E-state index in [1.165, 1.54) is 0 Å². The monoisotopic (exact) mass is 378 g/mol. The number of hydrogen-bond donors (Lipinski definition) is 0. The fraction of sp³-hybridized carbons (Fsp3) is 0.364. The first kappa shape index (κ1) is 18.7. The largest absolute Gasteiger partial charge is 0.492 e. The van der Waals surface area contributed by atoms with Gasteiger partial charge in [0.1, 0.15) is 25.0 Å². The molecule has 0 unspecified atom stereocenters. The average Bonchev–Trinajstić information content (AvgIpc) is 3.17. The zero-order chi connectivity index (χ0) is 19.3. The lowest BCUT2D eigenvalue weighted by atomic mass is 10.2. The number of carbonyl (C=O) groups is 1. The summed E-state index contributed by atoms with van der Waals surface area (Å²) < 4.78 is 8.00. The van der Waals surface area contributed by atoms with Gasteiger partial charge in [0.2, 0.25) is 0 Å². The molecule has 0 saturated carbocycles. The van der Waals surface area contributed by atoms with E-state index in [9.17, 15) is 4.79 Å². The summed E-state index contributed by atoms with van der Waals surface area (Å²) >= 11 is 0. The van der Waals surface area contributed by atoms with E-state index in [0.29, 0.717) is 12.2 Å². The molecule has 146 valence electrons. The molecule has 2 aromatic carbocycles. The smallest absolute Gasteiger partial charge is 0.150 e. The number of imidazole rings is 1. The summed E-state index contributed by atoms with van der Waals surface area (Å²) in [6.07, 6.45) is 2.64. The number of aldehydes is 1. The molecule has 0 atom stereocenters. The Morgan fingerprint density at radius 3 is 2.68 bits per heavy atom. The van der Waals surface area contributed by atoms with Gasteiger partial charge in [-0.25, -0.2) is 4.98 Å². The van der Waals surface area contributed by atoms with Crippen LogP contribution in [0.15, 0.2) is 48.8 Å². The minimum atomic E-state index is 0.643. The Morgan fingerprint density at radius 1 is 1.07 bits per heavy atom. The van der Waals surface area contributed by atoms with Crippen molar-refractivity contribution in [1.29, 1.82) is 0 Å². The summed E-state index contributed by atoms with van der Waals surface area (Å²) in [4.78, 5) is 20.5. The van der Waals surface area contributed by atoms with Crippen LogP contribution in [0.4, 0.5) is 0 Å². The summed E-state index contributed by atoms with van der Waals surface area (Å²) in [5.41, 5.74) is 3.39. The van der Waals surface area contributed by atoms with Gasteiger partial charge in [-0.05, 0) is 36.9 Å². The first-order valence-corrected chi connectivity index (χ1v) is 9.87. The van der Waals surface area contributed by atoms with Crippen molar-refractivity contribution in [3.05, 3.63) is 54.4 Å². The predicted molar refractivity (Wildman–Crippen MR) is 111 cm³/mol. The van der Waals surface area contributed by atoms with E-state index in [4.69, 9.17) is 4.74 Å². The molecule has 0 spiro atoms. The molecule has 1 saturated heterocycles. The van der Waals surface area contributed by atoms with Crippen molar-refractivity contribution in [2.75, 3.05) is 45.9 Å². The number of piperazine rings is 1. The lowest BCUT2D eigenvalue weighted by Gasteiger charge is -2.33. The Balaban J connectivity index is 1.42. The third kappa shape index (κ3) is 4.08. The van der Waals surface area contributed by atoms with Crippen LogP contribution in [-0.4, -0.2) is 71.5 Å². The number of fused-ring (bicyclic) bond motifs is 1.